The topological polar surface area (TPSA) is 63.2 Å². The van der Waals surface area contributed by atoms with Gasteiger partial charge in [0.05, 0.1) is 26.4 Å². The van der Waals surface area contributed by atoms with Crippen LogP contribution in [0.25, 0.3) is 0 Å². The van der Waals surface area contributed by atoms with Crippen LogP contribution in [0.15, 0.2) is 0 Å². The average molecular weight is 236 g/mol. The Kier molecular flexibility index (Phi) is 11.6. The van der Waals surface area contributed by atoms with E-state index in [1.165, 1.54) is 7.11 Å². The summed E-state index contributed by atoms with van der Waals surface area (Å²) in [5.74, 6) is 0. The van der Waals surface area contributed by atoms with Gasteiger partial charge in [0.25, 0.3) is 0 Å². The predicted molar refractivity (Wildman–Crippen MR) is 56.5 cm³/mol. The number of rotatable bonds is 10. The van der Waals surface area contributed by atoms with Crippen molar-refractivity contribution in [1.82, 2.24) is 0 Å². The third-order valence-electron chi connectivity index (χ3n) is 1.59. The molecule has 0 aromatic heterocycles. The molecule has 0 aromatic carbocycles. The maximum absolute atomic E-state index is 10.9. The van der Waals surface area contributed by atoms with Gasteiger partial charge in [-0.3, -0.25) is 0 Å². The van der Waals surface area contributed by atoms with Crippen molar-refractivity contribution in [2.75, 3.05) is 53.9 Å². The van der Waals surface area contributed by atoms with Gasteiger partial charge in [0.15, 0.2) is 0 Å². The molecule has 96 valence electrons. The van der Waals surface area contributed by atoms with E-state index in [2.05, 4.69) is 4.74 Å². The summed E-state index contributed by atoms with van der Waals surface area (Å²) in [5.41, 5.74) is 0. The molecule has 0 rings (SSSR count). The fourth-order valence-corrected chi connectivity index (χ4v) is 0.811. The van der Waals surface area contributed by atoms with Crippen LogP contribution >= 0.6 is 0 Å². The van der Waals surface area contributed by atoms with Crippen LogP contribution in [0.1, 0.15) is 6.42 Å². The van der Waals surface area contributed by atoms with Gasteiger partial charge >= 0.3 is 6.16 Å². The molecule has 0 fully saturated rings. The smallest absolute Gasteiger partial charge is 0.434 e. The Morgan fingerprint density at radius 3 is 2.12 bits per heavy atom. The van der Waals surface area contributed by atoms with Gasteiger partial charge in [-0.2, -0.15) is 0 Å². The number of methoxy groups -OCH3 is 2. The van der Waals surface area contributed by atoms with Crippen molar-refractivity contribution in [3.05, 3.63) is 0 Å². The highest BCUT2D eigenvalue weighted by molar-refractivity contribution is 5.59. The van der Waals surface area contributed by atoms with E-state index in [0.29, 0.717) is 39.5 Å². The summed E-state index contributed by atoms with van der Waals surface area (Å²) < 4.78 is 24.1. The molecule has 0 aliphatic heterocycles. The summed E-state index contributed by atoms with van der Waals surface area (Å²) in [6, 6.07) is 0. The minimum absolute atomic E-state index is 0.208. The monoisotopic (exact) mass is 236 g/mol. The fraction of sp³-hybridized carbons (Fsp3) is 0.900. The van der Waals surface area contributed by atoms with Crippen LogP contribution in [0.4, 0.5) is 4.79 Å². The summed E-state index contributed by atoms with van der Waals surface area (Å²) in [4.78, 5) is 10.9. The Labute approximate surface area is 95.8 Å². The Morgan fingerprint density at radius 1 is 0.812 bits per heavy atom. The van der Waals surface area contributed by atoms with Crippen LogP contribution in [0, 0.1) is 0 Å². The molecule has 0 unspecified atom stereocenters. The minimum Gasteiger partial charge on any atom is -0.434 e. The van der Waals surface area contributed by atoms with E-state index in [4.69, 9.17) is 18.9 Å². The van der Waals surface area contributed by atoms with E-state index < -0.39 is 6.16 Å². The molecule has 0 saturated carbocycles. The minimum atomic E-state index is -0.672. The second kappa shape index (κ2) is 12.2. The molecule has 0 atom stereocenters. The summed E-state index contributed by atoms with van der Waals surface area (Å²) in [6.07, 6.45) is -0.0303. The number of hydrogen-bond donors (Lipinski definition) is 0. The third-order valence-corrected chi connectivity index (χ3v) is 1.59. The number of carbonyl (C=O) groups is 1. The molecular formula is C10H20O6. The summed E-state index contributed by atoms with van der Waals surface area (Å²) >= 11 is 0. The standard InChI is InChI=1S/C10H20O6/c1-12-6-8-14-4-3-5-15-10(11)16-9-7-13-2/h3-9H2,1-2H3. The second-order valence-electron chi connectivity index (χ2n) is 2.90. The summed E-state index contributed by atoms with van der Waals surface area (Å²) in [6.45, 7) is 2.52. The van der Waals surface area contributed by atoms with Crippen molar-refractivity contribution in [2.45, 2.75) is 6.42 Å². The SMILES string of the molecule is COCCOCCCOC(=O)OCCOC. The van der Waals surface area contributed by atoms with Crippen molar-refractivity contribution in [3.8, 4) is 0 Å². The maximum Gasteiger partial charge on any atom is 0.508 e. The first-order valence-electron chi connectivity index (χ1n) is 5.16. The molecule has 0 radical (unpaired) electrons. The van der Waals surface area contributed by atoms with E-state index in [1.54, 1.807) is 7.11 Å². The fourth-order valence-electron chi connectivity index (χ4n) is 0.811. The molecule has 0 bridgehead atoms. The predicted octanol–water partition coefficient (Wildman–Crippen LogP) is 0.839. The molecule has 0 aliphatic carbocycles. The highest BCUT2D eigenvalue weighted by Crippen LogP contribution is 1.90. The second-order valence-corrected chi connectivity index (χ2v) is 2.90. The molecule has 16 heavy (non-hydrogen) atoms. The summed E-state index contributed by atoms with van der Waals surface area (Å²) in [7, 11) is 3.15. The van der Waals surface area contributed by atoms with Crippen molar-refractivity contribution in [2.24, 2.45) is 0 Å². The zero-order valence-corrected chi connectivity index (χ0v) is 9.90. The Balaban J connectivity index is 3.09. The van der Waals surface area contributed by atoms with Crippen LogP contribution in [-0.4, -0.2) is 60.0 Å². The van der Waals surface area contributed by atoms with Crippen LogP contribution in [0.5, 0.6) is 0 Å². The molecule has 0 heterocycles. The van der Waals surface area contributed by atoms with Crippen LogP contribution in [-0.2, 0) is 23.7 Å². The molecule has 6 heteroatoms. The van der Waals surface area contributed by atoms with Gasteiger partial charge in [-0.25, -0.2) is 4.79 Å². The van der Waals surface area contributed by atoms with Crippen molar-refractivity contribution >= 4 is 6.16 Å². The number of hydrogen-bond acceptors (Lipinski definition) is 6. The van der Waals surface area contributed by atoms with Gasteiger partial charge in [-0.15, -0.1) is 0 Å². The van der Waals surface area contributed by atoms with Crippen molar-refractivity contribution in [3.63, 3.8) is 0 Å². The van der Waals surface area contributed by atoms with E-state index in [9.17, 15) is 4.79 Å². The first-order chi connectivity index (χ1) is 7.81. The van der Waals surface area contributed by atoms with Gasteiger partial charge < -0.3 is 23.7 Å². The quantitative estimate of drug-likeness (QED) is 0.413. The third kappa shape index (κ3) is 11.2. The van der Waals surface area contributed by atoms with E-state index in [1.807, 2.05) is 0 Å². The van der Waals surface area contributed by atoms with E-state index in [0.717, 1.165) is 0 Å². The van der Waals surface area contributed by atoms with Crippen LogP contribution < -0.4 is 0 Å². The van der Waals surface area contributed by atoms with Crippen molar-refractivity contribution in [1.29, 1.82) is 0 Å². The summed E-state index contributed by atoms with van der Waals surface area (Å²) in [5, 5.41) is 0. The lowest BCUT2D eigenvalue weighted by atomic mass is 10.5. The molecule has 0 aromatic rings. The van der Waals surface area contributed by atoms with Gasteiger partial charge in [0, 0.05) is 27.2 Å². The molecule has 0 aliphatic rings. The maximum atomic E-state index is 10.9. The number of carbonyl (C=O) groups excluding carboxylic acids is 1. The first-order valence-corrected chi connectivity index (χ1v) is 5.16. The molecule has 0 spiro atoms. The van der Waals surface area contributed by atoms with E-state index >= 15 is 0 Å². The lowest BCUT2D eigenvalue weighted by molar-refractivity contribution is 0.0258. The molecule has 6 nitrogen and oxygen atoms in total. The largest absolute Gasteiger partial charge is 0.508 e. The Morgan fingerprint density at radius 2 is 1.44 bits per heavy atom. The van der Waals surface area contributed by atoms with Gasteiger partial charge in [-0.1, -0.05) is 0 Å². The average Bonchev–Trinajstić information content (AvgIpc) is 2.28. The lowest BCUT2D eigenvalue weighted by Gasteiger charge is -2.06. The zero-order valence-electron chi connectivity index (χ0n) is 9.90. The first kappa shape index (κ1) is 15.2. The molecule has 0 saturated heterocycles. The molecule has 0 amide bonds. The zero-order chi connectivity index (χ0) is 12.1. The molecule has 0 N–H and O–H groups in total. The van der Waals surface area contributed by atoms with Gasteiger partial charge in [-0.05, 0) is 0 Å². The van der Waals surface area contributed by atoms with E-state index in [-0.39, 0.29) is 6.61 Å². The van der Waals surface area contributed by atoms with Gasteiger partial charge in [0.2, 0.25) is 0 Å². The number of ether oxygens (including phenoxy) is 5. The highest BCUT2D eigenvalue weighted by Gasteiger charge is 2.02. The van der Waals surface area contributed by atoms with Crippen molar-refractivity contribution < 1.29 is 28.5 Å². The van der Waals surface area contributed by atoms with Crippen LogP contribution in [0.3, 0.4) is 0 Å². The lowest BCUT2D eigenvalue weighted by Crippen LogP contribution is -2.13. The molecular weight excluding hydrogens is 216 g/mol. The normalized spacial score (nSPS) is 10.1. The Hall–Kier alpha value is -0.850. The van der Waals surface area contributed by atoms with Crippen LogP contribution in [0.2, 0.25) is 0 Å². The Bertz CT molecular complexity index is 161. The van der Waals surface area contributed by atoms with Gasteiger partial charge in [0.1, 0.15) is 6.61 Å². The highest BCUT2D eigenvalue weighted by atomic mass is 16.7.